The number of aliphatic hydroxyl groups is 2. The minimum atomic E-state index is -1.24. The smallest absolute Gasteiger partial charge is 0.320 e. The number of carboxylic acids is 1. The molecule has 3 heterocycles. The third kappa shape index (κ3) is 3.99. The maximum Gasteiger partial charge on any atom is 0.320 e. The van der Waals surface area contributed by atoms with Crippen molar-refractivity contribution in [2.24, 2.45) is 0 Å². The van der Waals surface area contributed by atoms with Crippen LogP contribution in [0.15, 0.2) is 12.7 Å². The van der Waals surface area contributed by atoms with E-state index in [-0.39, 0.29) is 12.4 Å². The normalized spacial score (nSPS) is 26.5. The Hall–Kier alpha value is -1.99. The summed E-state index contributed by atoms with van der Waals surface area (Å²) in [5.74, 6) is -0.0876. The van der Waals surface area contributed by atoms with Gasteiger partial charge in [-0.2, -0.15) is 11.8 Å². The predicted molar refractivity (Wildman–Crippen MR) is 98.1 cm³/mol. The first-order chi connectivity index (χ1) is 12.9. The maximum atomic E-state index is 11.3. The van der Waals surface area contributed by atoms with Crippen LogP contribution >= 0.6 is 11.8 Å². The Bertz CT molecular complexity index is 804. The third-order valence-electron chi connectivity index (χ3n) is 4.47. The van der Waals surface area contributed by atoms with Gasteiger partial charge in [0.05, 0.1) is 6.33 Å². The van der Waals surface area contributed by atoms with Crippen molar-refractivity contribution in [3.8, 4) is 0 Å². The Kier molecular flexibility index (Phi) is 6.11. The molecule has 1 aliphatic heterocycles. The van der Waals surface area contributed by atoms with E-state index in [1.807, 2.05) is 6.26 Å². The largest absolute Gasteiger partial charge is 0.480 e. The Balaban J connectivity index is 1.71. The molecule has 0 amide bonds. The summed E-state index contributed by atoms with van der Waals surface area (Å²) in [4.78, 5) is 23.4. The van der Waals surface area contributed by atoms with Gasteiger partial charge in [0, 0.05) is 6.54 Å². The molecule has 1 saturated heterocycles. The van der Waals surface area contributed by atoms with Gasteiger partial charge in [0.15, 0.2) is 17.7 Å². The molecule has 0 saturated carbocycles. The van der Waals surface area contributed by atoms with Crippen molar-refractivity contribution in [2.75, 3.05) is 24.3 Å². The second-order valence-electron chi connectivity index (χ2n) is 6.21. The van der Waals surface area contributed by atoms with Crippen molar-refractivity contribution in [3.05, 3.63) is 12.7 Å². The number of imidazole rings is 1. The van der Waals surface area contributed by atoms with Gasteiger partial charge in [0.2, 0.25) is 0 Å². The van der Waals surface area contributed by atoms with E-state index in [0.717, 1.165) is 0 Å². The number of carboxylic acid groups (broad SMARTS) is 1. The number of rotatable bonds is 8. The zero-order valence-electron chi connectivity index (χ0n) is 14.6. The fraction of sp³-hybridized carbons (Fsp3) is 0.600. The van der Waals surface area contributed by atoms with Crippen molar-refractivity contribution in [3.63, 3.8) is 0 Å². The molecular weight excluding hydrogens is 376 g/mol. The summed E-state index contributed by atoms with van der Waals surface area (Å²) in [5.41, 5.74) is 6.50. The van der Waals surface area contributed by atoms with Crippen molar-refractivity contribution >= 4 is 34.7 Å². The molecule has 0 aliphatic carbocycles. The molecule has 0 bridgehead atoms. The number of carbonyl (C=O) groups is 1. The van der Waals surface area contributed by atoms with Gasteiger partial charge >= 0.3 is 5.97 Å². The van der Waals surface area contributed by atoms with Gasteiger partial charge < -0.3 is 31.1 Å². The predicted octanol–water partition coefficient (Wildman–Crippen LogP) is -1.18. The van der Waals surface area contributed by atoms with Gasteiger partial charge in [-0.05, 0) is 18.4 Å². The number of aliphatic carboxylic acids is 1. The summed E-state index contributed by atoms with van der Waals surface area (Å²) in [5, 5.41) is 32.9. The zero-order valence-corrected chi connectivity index (χ0v) is 15.4. The number of nitrogens with two attached hydrogens (primary N) is 1. The minimum Gasteiger partial charge on any atom is -0.480 e. The number of nitrogens with zero attached hydrogens (tertiary/aromatic N) is 4. The Morgan fingerprint density at radius 3 is 2.89 bits per heavy atom. The maximum absolute atomic E-state index is 11.3. The van der Waals surface area contributed by atoms with Crippen LogP contribution in [0, 0.1) is 0 Å². The van der Waals surface area contributed by atoms with E-state index in [0.29, 0.717) is 23.3 Å². The molecule has 0 aromatic carbocycles. The molecule has 6 N–H and O–H groups in total. The van der Waals surface area contributed by atoms with Gasteiger partial charge in [0.25, 0.3) is 0 Å². The number of nitrogens with one attached hydrogen (secondary N) is 1. The lowest BCUT2D eigenvalue weighted by Gasteiger charge is -2.19. The first-order valence-electron chi connectivity index (χ1n) is 8.33. The molecule has 27 heavy (non-hydrogen) atoms. The van der Waals surface area contributed by atoms with Crippen LogP contribution in [-0.2, 0) is 9.53 Å². The Morgan fingerprint density at radius 2 is 2.19 bits per heavy atom. The van der Waals surface area contributed by atoms with Crippen LogP contribution in [0.4, 0.5) is 5.82 Å². The van der Waals surface area contributed by atoms with E-state index >= 15 is 0 Å². The number of thioether (sulfide) groups is 1. The fourth-order valence-corrected chi connectivity index (χ4v) is 3.46. The average molecular weight is 398 g/mol. The summed E-state index contributed by atoms with van der Waals surface area (Å²) in [6, 6.07) is -0.758. The van der Waals surface area contributed by atoms with Gasteiger partial charge in [-0.25, -0.2) is 15.0 Å². The Labute approximate surface area is 159 Å². The molecule has 3 rings (SSSR count). The van der Waals surface area contributed by atoms with E-state index in [4.69, 9.17) is 10.5 Å². The van der Waals surface area contributed by atoms with Gasteiger partial charge in [-0.15, -0.1) is 0 Å². The highest BCUT2D eigenvalue weighted by atomic mass is 32.2. The lowest BCUT2D eigenvalue weighted by molar-refractivity contribution is -0.139. The van der Waals surface area contributed by atoms with E-state index in [9.17, 15) is 20.1 Å². The van der Waals surface area contributed by atoms with Gasteiger partial charge in [-0.1, -0.05) is 0 Å². The molecule has 1 unspecified atom stereocenters. The topological polar surface area (TPSA) is 169 Å². The summed E-state index contributed by atoms with van der Waals surface area (Å²) in [6.45, 7) is 0.0732. The van der Waals surface area contributed by atoms with Crippen molar-refractivity contribution < 1.29 is 24.9 Å². The van der Waals surface area contributed by atoms with E-state index in [2.05, 4.69) is 20.3 Å². The minimum absolute atomic E-state index is 0.0732. The highest BCUT2D eigenvalue weighted by molar-refractivity contribution is 7.98. The van der Waals surface area contributed by atoms with Gasteiger partial charge in [0.1, 0.15) is 36.2 Å². The molecule has 1 aliphatic rings. The molecule has 0 spiro atoms. The lowest BCUT2D eigenvalue weighted by atomic mass is 10.1. The number of aliphatic hydroxyl groups excluding tert-OH is 2. The fourth-order valence-electron chi connectivity index (χ4n) is 2.99. The second-order valence-corrected chi connectivity index (χ2v) is 7.20. The average Bonchev–Trinajstić information content (AvgIpc) is 3.18. The molecule has 1 fully saturated rings. The molecule has 2 aromatic heterocycles. The number of hydrogen-bond acceptors (Lipinski definition) is 10. The lowest BCUT2D eigenvalue weighted by Crippen LogP contribution is -2.44. The molecule has 11 nitrogen and oxygen atoms in total. The van der Waals surface area contributed by atoms with E-state index < -0.39 is 36.6 Å². The van der Waals surface area contributed by atoms with Crippen LogP contribution in [0.25, 0.3) is 11.2 Å². The summed E-state index contributed by atoms with van der Waals surface area (Å²) >= 11 is 1.55. The van der Waals surface area contributed by atoms with Crippen LogP contribution in [0.3, 0.4) is 0 Å². The van der Waals surface area contributed by atoms with Crippen LogP contribution in [-0.4, -0.2) is 83.7 Å². The second kappa shape index (κ2) is 8.35. The molecular formula is C15H22N6O5S. The SMILES string of the molecule is CSCCC(NC[C@H]1O[C@@H](n2cnc3c(N)ncnc32)[C@H](O)[C@@H]1O)C(=O)O. The number of ether oxygens (including phenoxy) is 1. The molecule has 12 heteroatoms. The van der Waals surface area contributed by atoms with Gasteiger partial charge in [-0.3, -0.25) is 9.36 Å². The van der Waals surface area contributed by atoms with Crippen LogP contribution in [0.1, 0.15) is 12.6 Å². The summed E-state index contributed by atoms with van der Waals surface area (Å²) in [6.07, 6.45) is 0.858. The first-order valence-corrected chi connectivity index (χ1v) is 9.73. The van der Waals surface area contributed by atoms with Crippen molar-refractivity contribution in [1.29, 1.82) is 0 Å². The van der Waals surface area contributed by atoms with E-state index in [1.165, 1.54) is 17.2 Å². The molecule has 148 valence electrons. The van der Waals surface area contributed by atoms with Crippen LogP contribution in [0.2, 0.25) is 0 Å². The molecule has 5 atom stereocenters. The highest BCUT2D eigenvalue weighted by Crippen LogP contribution is 2.31. The number of nitrogen functional groups attached to an aromatic ring is 1. The van der Waals surface area contributed by atoms with E-state index in [1.54, 1.807) is 11.8 Å². The first kappa shape index (κ1) is 19.8. The van der Waals surface area contributed by atoms with Crippen LogP contribution in [0.5, 0.6) is 0 Å². The summed E-state index contributed by atoms with van der Waals surface area (Å²) in [7, 11) is 0. The summed E-state index contributed by atoms with van der Waals surface area (Å²) < 4.78 is 7.25. The number of hydrogen-bond donors (Lipinski definition) is 5. The number of aromatic nitrogens is 4. The van der Waals surface area contributed by atoms with Crippen molar-refractivity contribution in [2.45, 2.75) is 37.0 Å². The van der Waals surface area contributed by atoms with Crippen LogP contribution < -0.4 is 11.1 Å². The number of fused-ring (bicyclic) bond motifs is 1. The molecule has 2 aromatic rings. The Morgan fingerprint density at radius 1 is 1.41 bits per heavy atom. The van der Waals surface area contributed by atoms with Crippen molar-refractivity contribution in [1.82, 2.24) is 24.8 Å². The highest BCUT2D eigenvalue weighted by Gasteiger charge is 2.44. The zero-order chi connectivity index (χ0) is 19.6. The standard InChI is InChI=1S/C15H22N6O5S/c1-27-3-2-7(15(24)25)17-4-8-10(22)11(23)14(26-8)21-6-20-9-12(16)18-5-19-13(9)21/h5-8,10-11,14,17,22-23H,2-4H2,1H3,(H,24,25)(H2,16,18,19)/t7?,8-,10-,11-,14-/m1/s1. The third-order valence-corrected chi connectivity index (χ3v) is 5.12. The molecule has 0 radical (unpaired) electrons. The number of anilines is 1. The monoisotopic (exact) mass is 398 g/mol. The quantitative estimate of drug-likeness (QED) is 0.363.